The molecule has 0 aromatic heterocycles. The number of unbranched alkanes of at least 4 members (excludes halogenated alkanes) is 46. The quantitative estimate of drug-likeness (QED) is 0.0222. The van der Waals surface area contributed by atoms with E-state index in [-0.39, 0.29) is 25.7 Å². The number of hydrogen-bond acceptors (Lipinski definition) is 15. The van der Waals surface area contributed by atoms with E-state index < -0.39 is 97.5 Å². The lowest BCUT2D eigenvalue weighted by atomic mass is 10.00. The maximum Gasteiger partial charge on any atom is 0.472 e. The van der Waals surface area contributed by atoms with Crippen LogP contribution in [0.5, 0.6) is 0 Å². The van der Waals surface area contributed by atoms with Crippen LogP contribution in [0.3, 0.4) is 0 Å². The molecule has 3 unspecified atom stereocenters. The average Bonchev–Trinajstić information content (AvgIpc) is 1.18. The molecule has 0 spiro atoms. The first-order valence-electron chi connectivity index (χ1n) is 40.5. The van der Waals surface area contributed by atoms with Crippen LogP contribution in [0.15, 0.2) is 0 Å². The molecule has 97 heavy (non-hydrogen) atoms. The molecule has 17 nitrogen and oxygen atoms in total. The molecule has 0 heterocycles. The van der Waals surface area contributed by atoms with Crippen LogP contribution < -0.4 is 0 Å². The van der Waals surface area contributed by atoms with Crippen LogP contribution in [0.25, 0.3) is 0 Å². The lowest BCUT2D eigenvalue weighted by Crippen LogP contribution is -2.30. The highest BCUT2D eigenvalue weighted by Crippen LogP contribution is 2.45. The van der Waals surface area contributed by atoms with Gasteiger partial charge in [0, 0.05) is 25.7 Å². The van der Waals surface area contributed by atoms with E-state index in [4.69, 9.17) is 37.0 Å². The van der Waals surface area contributed by atoms with Crippen LogP contribution in [0.1, 0.15) is 408 Å². The first-order valence-corrected chi connectivity index (χ1v) is 43.5. The number of phosphoric ester groups is 2. The third-order valence-electron chi connectivity index (χ3n) is 18.6. The summed E-state index contributed by atoms with van der Waals surface area (Å²) in [5.74, 6) is -0.585. The van der Waals surface area contributed by atoms with E-state index in [1.54, 1.807) is 0 Å². The normalized spacial score (nSPS) is 14.2. The van der Waals surface area contributed by atoms with E-state index in [0.29, 0.717) is 25.7 Å². The van der Waals surface area contributed by atoms with Gasteiger partial charge in [-0.3, -0.25) is 37.3 Å². The minimum absolute atomic E-state index is 0.107. The molecule has 6 atom stereocenters. The van der Waals surface area contributed by atoms with Crippen molar-refractivity contribution in [3.05, 3.63) is 0 Å². The first kappa shape index (κ1) is 95.1. The number of carbonyl (C=O) groups excluding carboxylic acids is 4. The zero-order valence-corrected chi connectivity index (χ0v) is 65.2. The van der Waals surface area contributed by atoms with Crippen molar-refractivity contribution in [3.63, 3.8) is 0 Å². The van der Waals surface area contributed by atoms with Gasteiger partial charge in [0.15, 0.2) is 12.2 Å². The molecule has 0 fully saturated rings. The number of phosphoric acid groups is 2. The Balaban J connectivity index is 5.25. The molecule has 19 heteroatoms. The van der Waals surface area contributed by atoms with Crippen LogP contribution in [0, 0.1) is 11.8 Å². The predicted molar refractivity (Wildman–Crippen MR) is 395 cm³/mol. The molecule has 576 valence electrons. The van der Waals surface area contributed by atoms with E-state index in [0.717, 1.165) is 108 Å². The van der Waals surface area contributed by atoms with E-state index in [2.05, 4.69) is 41.5 Å². The highest BCUT2D eigenvalue weighted by atomic mass is 31.2. The maximum absolute atomic E-state index is 13.1. The zero-order valence-electron chi connectivity index (χ0n) is 63.4. The van der Waals surface area contributed by atoms with Gasteiger partial charge in [0.05, 0.1) is 26.4 Å². The van der Waals surface area contributed by atoms with E-state index >= 15 is 0 Å². The molecule has 0 aromatic rings. The predicted octanol–water partition coefficient (Wildman–Crippen LogP) is 23.1. The third-order valence-corrected chi connectivity index (χ3v) is 20.5. The maximum atomic E-state index is 13.1. The molecule has 0 aliphatic heterocycles. The molecule has 0 aliphatic carbocycles. The topological polar surface area (TPSA) is 237 Å². The van der Waals surface area contributed by atoms with Crippen LogP contribution in [0.4, 0.5) is 0 Å². The van der Waals surface area contributed by atoms with Gasteiger partial charge in [-0.1, -0.05) is 356 Å². The molecule has 0 aliphatic rings. The molecule has 0 aromatic carbocycles. The molecule has 0 radical (unpaired) electrons. The van der Waals surface area contributed by atoms with Gasteiger partial charge < -0.3 is 33.8 Å². The van der Waals surface area contributed by atoms with Crippen molar-refractivity contribution in [2.24, 2.45) is 11.8 Å². The van der Waals surface area contributed by atoms with Crippen LogP contribution in [-0.4, -0.2) is 96.7 Å². The summed E-state index contributed by atoms with van der Waals surface area (Å²) in [6.07, 6.45) is 58.2. The Labute approximate surface area is 594 Å². The number of rotatable bonds is 77. The fraction of sp³-hybridized carbons (Fsp3) is 0.949. The Bertz CT molecular complexity index is 1870. The fourth-order valence-corrected chi connectivity index (χ4v) is 13.6. The second-order valence-corrected chi connectivity index (χ2v) is 31.7. The molecule has 0 saturated heterocycles. The van der Waals surface area contributed by atoms with Crippen LogP contribution in [0.2, 0.25) is 0 Å². The van der Waals surface area contributed by atoms with Gasteiger partial charge in [-0.2, -0.15) is 0 Å². The largest absolute Gasteiger partial charge is 0.472 e. The smallest absolute Gasteiger partial charge is 0.462 e. The number of ether oxygens (including phenoxy) is 4. The van der Waals surface area contributed by atoms with Gasteiger partial charge in [0.2, 0.25) is 0 Å². The summed E-state index contributed by atoms with van der Waals surface area (Å²) in [5, 5.41) is 10.6. The monoisotopic (exact) mass is 1420 g/mol. The second kappa shape index (κ2) is 69.8. The van der Waals surface area contributed by atoms with Gasteiger partial charge in [0.25, 0.3) is 0 Å². The van der Waals surface area contributed by atoms with Gasteiger partial charge in [-0.05, 0) is 37.5 Å². The Morgan fingerprint density at radius 1 is 0.299 bits per heavy atom. The first-order chi connectivity index (χ1) is 46.9. The Morgan fingerprint density at radius 3 is 0.784 bits per heavy atom. The number of carbonyl (C=O) groups is 4. The van der Waals surface area contributed by atoms with Crippen molar-refractivity contribution in [3.8, 4) is 0 Å². The van der Waals surface area contributed by atoms with E-state index in [1.807, 2.05) is 0 Å². The van der Waals surface area contributed by atoms with Gasteiger partial charge in [0.1, 0.15) is 19.3 Å². The zero-order chi connectivity index (χ0) is 71.4. The minimum atomic E-state index is -4.96. The summed E-state index contributed by atoms with van der Waals surface area (Å²) < 4.78 is 68.6. The number of esters is 4. The highest BCUT2D eigenvalue weighted by Gasteiger charge is 2.30. The van der Waals surface area contributed by atoms with E-state index in [1.165, 1.54) is 218 Å². The molecule has 0 amide bonds. The standard InChI is InChI=1S/C78H152O17P2/c1-7-10-12-14-16-18-20-22-24-29-33-37-41-48-54-60-75(80)88-66-73(94-77(82)62-57-51-43-39-35-31-27-26-28-32-36-40-46-52-58-70(4)5)68-92-96(84,85)90-64-72(79)65-91-97(86,87)93-69-74(67-89-76(81)61-55-49-45-44-47-53-59-71(6)9-3)95-78(83)63-56-50-42-38-34-30-25-23-21-19-17-15-13-11-8-2/h70-74,79H,7-69H2,1-6H3,(H,84,85)(H,86,87)/t71?,72-,73-,74-/m1/s1. The molecular formula is C78H152O17P2. The highest BCUT2D eigenvalue weighted by molar-refractivity contribution is 7.47. The minimum Gasteiger partial charge on any atom is -0.462 e. The summed E-state index contributed by atoms with van der Waals surface area (Å²) in [6, 6.07) is 0. The number of aliphatic hydroxyl groups excluding tert-OH is 1. The third kappa shape index (κ3) is 70.9. The molecule has 0 bridgehead atoms. The van der Waals surface area contributed by atoms with Crippen LogP contribution in [-0.2, 0) is 65.4 Å². The van der Waals surface area contributed by atoms with Gasteiger partial charge >= 0.3 is 39.5 Å². The fourth-order valence-electron chi connectivity index (χ4n) is 12.0. The van der Waals surface area contributed by atoms with Crippen molar-refractivity contribution >= 4 is 39.5 Å². The second-order valence-electron chi connectivity index (χ2n) is 28.8. The van der Waals surface area contributed by atoms with Crippen molar-refractivity contribution in [2.45, 2.75) is 426 Å². The molecular weight excluding hydrogens is 1270 g/mol. The Morgan fingerprint density at radius 2 is 0.526 bits per heavy atom. The van der Waals surface area contributed by atoms with Crippen molar-refractivity contribution < 1.29 is 80.2 Å². The van der Waals surface area contributed by atoms with Crippen molar-refractivity contribution in [1.29, 1.82) is 0 Å². The molecule has 0 rings (SSSR count). The summed E-state index contributed by atoms with van der Waals surface area (Å²) >= 11 is 0. The Hall–Kier alpha value is -1.94. The molecule has 0 saturated carbocycles. The van der Waals surface area contributed by atoms with Crippen LogP contribution >= 0.6 is 15.6 Å². The lowest BCUT2D eigenvalue weighted by Gasteiger charge is -2.21. The number of hydrogen-bond donors (Lipinski definition) is 3. The Kier molecular flexibility index (Phi) is 68.4. The number of aliphatic hydroxyl groups is 1. The van der Waals surface area contributed by atoms with Gasteiger partial charge in [-0.15, -0.1) is 0 Å². The lowest BCUT2D eigenvalue weighted by molar-refractivity contribution is -0.161. The van der Waals surface area contributed by atoms with E-state index in [9.17, 15) is 43.2 Å². The summed E-state index contributed by atoms with van der Waals surface area (Å²) in [6.45, 7) is 9.60. The van der Waals surface area contributed by atoms with Crippen molar-refractivity contribution in [2.75, 3.05) is 39.6 Å². The SMILES string of the molecule is CCCCCCCCCCCCCCCCCC(=O)OC[C@H](COP(=O)(O)OC[C@@H](O)COP(=O)(O)OC[C@@H](COC(=O)CCCCCCCCC(C)CC)OC(=O)CCCCCCCCCCCCCCCCC)OC(=O)CCCCCCCCCCCCCCCCC(C)C. The van der Waals surface area contributed by atoms with Crippen molar-refractivity contribution in [1.82, 2.24) is 0 Å². The average molecular weight is 1420 g/mol. The van der Waals surface area contributed by atoms with Gasteiger partial charge in [-0.25, -0.2) is 9.13 Å². The summed E-state index contributed by atoms with van der Waals surface area (Å²) in [5.41, 5.74) is 0. The molecule has 3 N–H and O–H groups in total. The summed E-state index contributed by atoms with van der Waals surface area (Å²) in [4.78, 5) is 72.9. The summed E-state index contributed by atoms with van der Waals surface area (Å²) in [7, 11) is -9.92.